The van der Waals surface area contributed by atoms with Gasteiger partial charge in [0, 0.05) is 43.9 Å². The summed E-state index contributed by atoms with van der Waals surface area (Å²) in [4.78, 5) is 31.4. The van der Waals surface area contributed by atoms with Gasteiger partial charge < -0.3 is 19.9 Å². The van der Waals surface area contributed by atoms with E-state index >= 15 is 0 Å². The van der Waals surface area contributed by atoms with Gasteiger partial charge in [-0.1, -0.05) is 31.5 Å². The molecule has 8 nitrogen and oxygen atoms in total. The Kier molecular flexibility index (Phi) is 7.76. The molecule has 2 aliphatic heterocycles. The lowest BCUT2D eigenvalue weighted by Crippen LogP contribution is -2.49. The number of hydrogen-bond acceptors (Lipinski definition) is 6. The molecule has 2 aromatic rings. The number of fused-ring (bicyclic) bond motifs is 1. The average molecular weight is 476 g/mol. The van der Waals surface area contributed by atoms with E-state index in [0.29, 0.717) is 18.7 Å². The molecule has 184 valence electrons. The molecule has 1 N–H and O–H groups in total. The van der Waals surface area contributed by atoms with Crippen LogP contribution in [0.2, 0.25) is 0 Å². The van der Waals surface area contributed by atoms with Crippen LogP contribution in [-0.2, 0) is 11.3 Å². The molecule has 35 heavy (non-hydrogen) atoms. The minimum absolute atomic E-state index is 0.0807. The second kappa shape index (κ2) is 11.1. The SMILES string of the molecule is CCCCN(CC#N)C(=O)c1ccc(N2CCC(N3C(=O)OCc4ccccc43)CC2)c(NC)c1. The summed E-state index contributed by atoms with van der Waals surface area (Å²) in [5, 5.41) is 12.4. The van der Waals surface area contributed by atoms with Crippen molar-refractivity contribution in [1.82, 2.24) is 4.90 Å². The number of hydrogen-bond donors (Lipinski definition) is 1. The van der Waals surface area contributed by atoms with Crippen molar-refractivity contribution in [3.63, 3.8) is 0 Å². The highest BCUT2D eigenvalue weighted by atomic mass is 16.6. The third-order valence-corrected chi connectivity index (χ3v) is 6.81. The molecule has 2 aromatic carbocycles. The van der Waals surface area contributed by atoms with Crippen LogP contribution in [0.5, 0.6) is 0 Å². The second-order valence-corrected chi connectivity index (χ2v) is 8.99. The molecular formula is C27H33N5O3. The van der Waals surface area contributed by atoms with E-state index in [1.54, 1.807) is 4.90 Å². The number of unbranched alkanes of at least 4 members (excludes halogenated alkanes) is 1. The predicted octanol–water partition coefficient (Wildman–Crippen LogP) is 4.62. The number of rotatable bonds is 8. The van der Waals surface area contributed by atoms with Gasteiger partial charge in [-0.15, -0.1) is 0 Å². The summed E-state index contributed by atoms with van der Waals surface area (Å²) in [6.45, 7) is 4.63. The fourth-order valence-electron chi connectivity index (χ4n) is 4.90. The molecule has 8 heteroatoms. The molecule has 2 heterocycles. The average Bonchev–Trinajstić information content (AvgIpc) is 2.90. The fourth-order valence-corrected chi connectivity index (χ4v) is 4.90. The summed E-state index contributed by atoms with van der Waals surface area (Å²) in [6.07, 6.45) is 3.20. The Morgan fingerprint density at radius 2 is 1.97 bits per heavy atom. The van der Waals surface area contributed by atoms with E-state index in [9.17, 15) is 9.59 Å². The van der Waals surface area contributed by atoms with E-state index in [-0.39, 0.29) is 24.6 Å². The molecule has 0 aliphatic carbocycles. The first-order valence-corrected chi connectivity index (χ1v) is 12.3. The van der Waals surface area contributed by atoms with E-state index in [1.807, 2.05) is 54.4 Å². The molecule has 0 bridgehead atoms. The van der Waals surface area contributed by atoms with E-state index in [0.717, 1.165) is 61.4 Å². The first kappa shape index (κ1) is 24.4. The van der Waals surface area contributed by atoms with Gasteiger partial charge in [0.15, 0.2) is 0 Å². The Morgan fingerprint density at radius 3 is 2.69 bits per heavy atom. The van der Waals surface area contributed by atoms with Gasteiger partial charge in [0.1, 0.15) is 13.2 Å². The first-order chi connectivity index (χ1) is 17.1. The molecule has 2 aliphatic rings. The van der Waals surface area contributed by atoms with E-state index in [4.69, 9.17) is 10.00 Å². The number of nitrogens with one attached hydrogen (secondary N) is 1. The third-order valence-electron chi connectivity index (χ3n) is 6.81. The molecule has 4 rings (SSSR count). The molecule has 0 unspecified atom stereocenters. The van der Waals surface area contributed by atoms with E-state index < -0.39 is 0 Å². The van der Waals surface area contributed by atoms with Crippen LogP contribution in [0.25, 0.3) is 0 Å². The second-order valence-electron chi connectivity index (χ2n) is 8.99. The van der Waals surface area contributed by atoms with Gasteiger partial charge in [-0.3, -0.25) is 9.69 Å². The number of benzene rings is 2. The summed E-state index contributed by atoms with van der Waals surface area (Å²) >= 11 is 0. The fraction of sp³-hybridized carbons (Fsp3) is 0.444. The van der Waals surface area contributed by atoms with Crippen LogP contribution in [0.15, 0.2) is 42.5 Å². The monoisotopic (exact) mass is 475 g/mol. The molecule has 2 amide bonds. The van der Waals surface area contributed by atoms with Crippen LogP contribution in [0.1, 0.15) is 48.5 Å². The smallest absolute Gasteiger partial charge is 0.414 e. The van der Waals surface area contributed by atoms with Crippen LogP contribution in [0, 0.1) is 11.3 Å². The van der Waals surface area contributed by atoms with Crippen LogP contribution in [0.4, 0.5) is 21.9 Å². The largest absolute Gasteiger partial charge is 0.444 e. The molecule has 0 aromatic heterocycles. The number of piperidine rings is 1. The summed E-state index contributed by atoms with van der Waals surface area (Å²) in [6, 6.07) is 15.8. The highest BCUT2D eigenvalue weighted by Crippen LogP contribution is 2.34. The zero-order valence-electron chi connectivity index (χ0n) is 20.5. The zero-order valence-corrected chi connectivity index (χ0v) is 20.5. The van der Waals surface area contributed by atoms with Gasteiger partial charge in [0.25, 0.3) is 5.91 Å². The normalized spacial score (nSPS) is 15.7. The number of anilines is 3. The van der Waals surface area contributed by atoms with Gasteiger partial charge in [0.2, 0.25) is 0 Å². The molecular weight excluding hydrogens is 442 g/mol. The maximum atomic E-state index is 13.0. The van der Waals surface area contributed by atoms with Gasteiger partial charge in [-0.2, -0.15) is 5.26 Å². The van der Waals surface area contributed by atoms with Crippen LogP contribution in [0.3, 0.4) is 0 Å². The van der Waals surface area contributed by atoms with Crippen LogP contribution < -0.4 is 15.1 Å². The summed E-state index contributed by atoms with van der Waals surface area (Å²) in [5.41, 5.74) is 4.48. The first-order valence-electron chi connectivity index (χ1n) is 12.3. The standard InChI is InChI=1S/C27H33N5O3/c1-3-4-14-31(17-13-28)26(33)20-9-10-25(23(18-20)29-2)30-15-11-22(12-16-30)32-24-8-6-5-7-21(24)19-35-27(32)34/h5-10,18,22,29H,3-4,11-12,14-17,19H2,1-2H3. The minimum Gasteiger partial charge on any atom is -0.444 e. The molecule has 1 fully saturated rings. The topological polar surface area (TPSA) is 88.9 Å². The Bertz CT molecular complexity index is 1100. The third kappa shape index (κ3) is 5.19. The molecule has 0 atom stereocenters. The van der Waals surface area contributed by atoms with Crippen molar-refractivity contribution in [2.45, 2.75) is 45.3 Å². The maximum Gasteiger partial charge on any atom is 0.414 e. The summed E-state index contributed by atoms with van der Waals surface area (Å²) in [7, 11) is 1.85. The Balaban J connectivity index is 1.47. The van der Waals surface area contributed by atoms with Crippen molar-refractivity contribution in [3.05, 3.63) is 53.6 Å². The Labute approximate surface area is 207 Å². The number of nitriles is 1. The highest BCUT2D eigenvalue weighted by Gasteiger charge is 2.34. The van der Waals surface area contributed by atoms with Crippen molar-refractivity contribution in [2.24, 2.45) is 0 Å². The quantitative estimate of drug-likeness (QED) is 0.561. The number of nitrogens with zero attached hydrogens (tertiary/aromatic N) is 4. The van der Waals surface area contributed by atoms with Crippen LogP contribution in [-0.4, -0.2) is 56.2 Å². The number of cyclic esters (lactones) is 1. The minimum atomic E-state index is -0.272. The van der Waals surface area contributed by atoms with Gasteiger partial charge >= 0.3 is 6.09 Å². The molecule has 0 saturated carbocycles. The summed E-state index contributed by atoms with van der Waals surface area (Å²) in [5.74, 6) is -0.121. The van der Waals surface area contributed by atoms with Crippen LogP contribution >= 0.6 is 0 Å². The van der Waals surface area contributed by atoms with Crippen molar-refractivity contribution in [2.75, 3.05) is 48.3 Å². The Morgan fingerprint density at radius 1 is 1.20 bits per heavy atom. The van der Waals surface area contributed by atoms with E-state index in [1.165, 1.54) is 0 Å². The van der Waals surface area contributed by atoms with Crippen molar-refractivity contribution in [3.8, 4) is 6.07 Å². The zero-order chi connectivity index (χ0) is 24.8. The van der Waals surface area contributed by atoms with Gasteiger partial charge in [0.05, 0.1) is 23.1 Å². The summed E-state index contributed by atoms with van der Waals surface area (Å²) < 4.78 is 5.42. The number of para-hydroxylation sites is 1. The number of ether oxygens (including phenoxy) is 1. The molecule has 0 radical (unpaired) electrons. The lowest BCUT2D eigenvalue weighted by Gasteiger charge is -2.41. The van der Waals surface area contributed by atoms with Gasteiger partial charge in [-0.25, -0.2) is 4.79 Å². The van der Waals surface area contributed by atoms with Crippen molar-refractivity contribution < 1.29 is 14.3 Å². The predicted molar refractivity (Wildman–Crippen MR) is 137 cm³/mol. The maximum absolute atomic E-state index is 13.0. The highest BCUT2D eigenvalue weighted by molar-refractivity contribution is 5.96. The van der Waals surface area contributed by atoms with E-state index in [2.05, 4.69) is 23.2 Å². The molecule has 0 spiro atoms. The van der Waals surface area contributed by atoms with Crippen molar-refractivity contribution >= 4 is 29.1 Å². The lowest BCUT2D eigenvalue weighted by molar-refractivity contribution is 0.0774. The number of carbonyl (C=O) groups excluding carboxylic acids is 2. The van der Waals surface area contributed by atoms with Crippen molar-refractivity contribution in [1.29, 1.82) is 5.26 Å². The molecule has 1 saturated heterocycles. The van der Waals surface area contributed by atoms with Gasteiger partial charge in [-0.05, 0) is 43.5 Å². The number of carbonyl (C=O) groups is 2. The Hall–Kier alpha value is -3.73. The lowest BCUT2D eigenvalue weighted by atomic mass is 9.99. The number of amides is 2.